The van der Waals surface area contributed by atoms with Gasteiger partial charge in [-0.15, -0.1) is 0 Å². The summed E-state index contributed by atoms with van der Waals surface area (Å²) in [7, 11) is 1.31. The van der Waals surface area contributed by atoms with Crippen LogP contribution in [0.2, 0.25) is 0 Å². The summed E-state index contributed by atoms with van der Waals surface area (Å²) in [5.74, 6) is 5.67. The third-order valence-corrected chi connectivity index (χ3v) is 6.81. The van der Waals surface area contributed by atoms with E-state index in [9.17, 15) is 18.0 Å². The Morgan fingerprint density at radius 3 is 2.29 bits per heavy atom. The number of benzene rings is 3. The van der Waals surface area contributed by atoms with Gasteiger partial charge in [-0.1, -0.05) is 24.3 Å². The lowest BCUT2D eigenvalue weighted by Gasteiger charge is -2.23. The van der Waals surface area contributed by atoms with Crippen molar-refractivity contribution in [3.8, 4) is 11.1 Å². The highest BCUT2D eigenvalue weighted by Crippen LogP contribution is 2.32. The van der Waals surface area contributed by atoms with Gasteiger partial charge in [-0.2, -0.15) is 18.3 Å². The summed E-state index contributed by atoms with van der Waals surface area (Å²) < 4.78 is 43.6. The Bertz CT molecular complexity index is 1340. The number of aliphatic imine (C=N–C) groups is 1. The molecule has 9 heteroatoms. The maximum Gasteiger partial charge on any atom is 0.416 e. The number of rotatable bonds is 6. The first-order valence-electron chi connectivity index (χ1n) is 12.2. The van der Waals surface area contributed by atoms with Crippen LogP contribution in [-0.2, 0) is 10.9 Å². The SMILES string of the molecule is COC(=O)c1cc(/C(C=Nc2ccc(C(F)(F)F)cc2)=N/N)cc(-c2ccc(C3CCNCC3)cc2)c1C. The van der Waals surface area contributed by atoms with Crippen molar-refractivity contribution in [3.05, 3.63) is 88.5 Å². The molecule has 4 rings (SSSR count). The average molecular weight is 523 g/mol. The first-order chi connectivity index (χ1) is 18.2. The molecule has 38 heavy (non-hydrogen) atoms. The van der Waals surface area contributed by atoms with Gasteiger partial charge in [0.1, 0.15) is 5.71 Å². The number of piperidine rings is 1. The van der Waals surface area contributed by atoms with E-state index in [0.29, 0.717) is 22.7 Å². The fourth-order valence-electron chi connectivity index (χ4n) is 4.63. The Hall–Kier alpha value is -3.98. The first-order valence-corrected chi connectivity index (χ1v) is 12.2. The molecule has 0 radical (unpaired) electrons. The molecule has 1 heterocycles. The van der Waals surface area contributed by atoms with E-state index < -0.39 is 17.7 Å². The Labute approximate surface area is 219 Å². The van der Waals surface area contributed by atoms with Crippen LogP contribution < -0.4 is 11.2 Å². The zero-order valence-electron chi connectivity index (χ0n) is 21.2. The predicted molar refractivity (Wildman–Crippen MR) is 143 cm³/mol. The third kappa shape index (κ3) is 6.11. The van der Waals surface area contributed by atoms with Crippen LogP contribution in [0, 0.1) is 6.92 Å². The summed E-state index contributed by atoms with van der Waals surface area (Å²) in [6, 6.07) is 16.3. The summed E-state index contributed by atoms with van der Waals surface area (Å²) in [4.78, 5) is 16.8. The number of nitrogens with zero attached hydrogens (tertiary/aromatic N) is 2. The second kappa shape index (κ2) is 11.6. The molecule has 0 bridgehead atoms. The Morgan fingerprint density at radius 2 is 1.71 bits per heavy atom. The second-order valence-electron chi connectivity index (χ2n) is 9.15. The van der Waals surface area contributed by atoms with E-state index in [2.05, 4.69) is 27.5 Å². The molecule has 3 aromatic carbocycles. The molecule has 3 N–H and O–H groups in total. The van der Waals surface area contributed by atoms with E-state index in [1.165, 1.54) is 31.0 Å². The van der Waals surface area contributed by atoms with Crippen LogP contribution in [0.15, 0.2) is 70.8 Å². The van der Waals surface area contributed by atoms with Gasteiger partial charge < -0.3 is 15.9 Å². The summed E-state index contributed by atoms with van der Waals surface area (Å²) in [6.45, 7) is 3.86. The molecular weight excluding hydrogens is 493 g/mol. The van der Waals surface area contributed by atoms with Crippen molar-refractivity contribution in [1.29, 1.82) is 0 Å². The molecule has 3 aromatic rings. The van der Waals surface area contributed by atoms with Crippen LogP contribution >= 0.6 is 0 Å². The minimum Gasteiger partial charge on any atom is -0.465 e. The maximum atomic E-state index is 12.9. The lowest BCUT2D eigenvalue weighted by molar-refractivity contribution is -0.137. The molecule has 1 aliphatic heterocycles. The van der Waals surface area contributed by atoms with E-state index in [0.717, 1.165) is 54.8 Å². The van der Waals surface area contributed by atoms with Gasteiger partial charge in [-0.3, -0.25) is 4.99 Å². The molecule has 0 aliphatic carbocycles. The van der Waals surface area contributed by atoms with Crippen LogP contribution in [-0.4, -0.2) is 38.1 Å². The fraction of sp³-hybridized carbons (Fsp3) is 0.276. The summed E-state index contributed by atoms with van der Waals surface area (Å²) in [6.07, 6.45) is -0.886. The van der Waals surface area contributed by atoms with Crippen molar-refractivity contribution < 1.29 is 22.7 Å². The number of carbonyl (C=O) groups excluding carboxylic acids is 1. The number of ether oxygens (including phenoxy) is 1. The number of carbonyl (C=O) groups is 1. The molecule has 0 amide bonds. The molecule has 1 fully saturated rings. The Balaban J connectivity index is 1.68. The number of nitrogens with one attached hydrogen (secondary N) is 1. The summed E-state index contributed by atoms with van der Waals surface area (Å²) in [5, 5.41) is 7.21. The minimum atomic E-state index is -4.43. The van der Waals surface area contributed by atoms with Crippen molar-refractivity contribution in [2.24, 2.45) is 15.9 Å². The molecule has 0 aromatic heterocycles. The molecule has 198 valence electrons. The molecule has 0 saturated carbocycles. The van der Waals surface area contributed by atoms with Gasteiger partial charge >= 0.3 is 12.1 Å². The largest absolute Gasteiger partial charge is 0.465 e. The van der Waals surface area contributed by atoms with Crippen molar-refractivity contribution in [1.82, 2.24) is 5.32 Å². The molecule has 1 aliphatic rings. The normalized spacial score (nSPS) is 15.1. The minimum absolute atomic E-state index is 0.252. The first kappa shape index (κ1) is 27.1. The summed E-state index contributed by atoms with van der Waals surface area (Å²) in [5.41, 5.74) is 4.42. The van der Waals surface area contributed by atoms with Gasteiger partial charge in [0.05, 0.1) is 30.1 Å². The summed E-state index contributed by atoms with van der Waals surface area (Å²) >= 11 is 0. The lowest BCUT2D eigenvalue weighted by atomic mass is 9.88. The van der Waals surface area contributed by atoms with Crippen molar-refractivity contribution in [2.45, 2.75) is 31.9 Å². The zero-order chi connectivity index (χ0) is 27.3. The Morgan fingerprint density at radius 1 is 1.05 bits per heavy atom. The van der Waals surface area contributed by atoms with Gasteiger partial charge in [-0.25, -0.2) is 4.79 Å². The maximum absolute atomic E-state index is 12.9. The van der Waals surface area contributed by atoms with Crippen molar-refractivity contribution >= 4 is 23.6 Å². The lowest BCUT2D eigenvalue weighted by Crippen LogP contribution is -2.26. The molecule has 0 atom stereocenters. The Kier molecular flexibility index (Phi) is 8.26. The van der Waals surface area contributed by atoms with Crippen LogP contribution in [0.25, 0.3) is 11.1 Å². The monoisotopic (exact) mass is 522 g/mol. The molecule has 1 saturated heterocycles. The standard InChI is InChI=1S/C29H29F3N4O2/c1-18-25(21-5-3-19(4-6-21)20-11-13-34-14-12-20)15-22(16-26(18)28(37)38-2)27(36-33)17-35-24-9-7-23(8-10-24)29(30,31)32/h3-10,15-17,20,34H,11-14,33H2,1-2H3/b35-17?,36-27+. The number of alkyl halides is 3. The van der Waals surface area contributed by atoms with Crippen LogP contribution in [0.5, 0.6) is 0 Å². The van der Waals surface area contributed by atoms with Gasteiger partial charge in [0, 0.05) is 5.56 Å². The van der Waals surface area contributed by atoms with E-state index in [-0.39, 0.29) is 5.71 Å². The van der Waals surface area contributed by atoms with Gasteiger partial charge in [0.15, 0.2) is 0 Å². The number of hydrazone groups is 1. The third-order valence-electron chi connectivity index (χ3n) is 6.81. The van der Waals surface area contributed by atoms with Gasteiger partial charge in [0.25, 0.3) is 0 Å². The van der Waals surface area contributed by atoms with Crippen LogP contribution in [0.1, 0.15) is 51.4 Å². The van der Waals surface area contributed by atoms with E-state index in [4.69, 9.17) is 10.6 Å². The average Bonchev–Trinajstić information content (AvgIpc) is 2.94. The highest BCUT2D eigenvalue weighted by atomic mass is 19.4. The smallest absolute Gasteiger partial charge is 0.416 e. The number of hydrogen-bond acceptors (Lipinski definition) is 6. The molecular formula is C29H29F3N4O2. The fourth-order valence-corrected chi connectivity index (χ4v) is 4.63. The number of hydrogen-bond donors (Lipinski definition) is 2. The quantitative estimate of drug-likeness (QED) is 0.180. The molecule has 0 unspecified atom stereocenters. The molecule has 6 nitrogen and oxygen atoms in total. The van der Waals surface area contributed by atoms with E-state index in [1.807, 2.05) is 25.1 Å². The zero-order valence-corrected chi connectivity index (χ0v) is 21.2. The number of methoxy groups -OCH3 is 1. The van der Waals surface area contributed by atoms with Crippen LogP contribution in [0.4, 0.5) is 18.9 Å². The number of halogens is 3. The highest BCUT2D eigenvalue weighted by molar-refractivity contribution is 6.38. The van der Waals surface area contributed by atoms with Gasteiger partial charge in [-0.05, 0) is 97.4 Å². The highest BCUT2D eigenvalue weighted by Gasteiger charge is 2.30. The number of esters is 1. The predicted octanol–water partition coefficient (Wildman–Crippen LogP) is 6.00. The van der Waals surface area contributed by atoms with E-state index in [1.54, 1.807) is 6.07 Å². The second-order valence-corrected chi connectivity index (χ2v) is 9.15. The topological polar surface area (TPSA) is 89.1 Å². The van der Waals surface area contributed by atoms with Crippen LogP contribution in [0.3, 0.4) is 0 Å². The number of nitrogens with two attached hydrogens (primary N) is 1. The molecule has 0 spiro atoms. The van der Waals surface area contributed by atoms with E-state index >= 15 is 0 Å². The van der Waals surface area contributed by atoms with Crippen molar-refractivity contribution in [2.75, 3.05) is 20.2 Å². The van der Waals surface area contributed by atoms with Crippen molar-refractivity contribution in [3.63, 3.8) is 0 Å². The van der Waals surface area contributed by atoms with Gasteiger partial charge in [0.2, 0.25) is 0 Å².